The van der Waals surface area contributed by atoms with Crippen molar-refractivity contribution in [3.8, 4) is 0 Å². The van der Waals surface area contributed by atoms with Gasteiger partial charge in [-0.15, -0.1) is 0 Å². The predicted octanol–water partition coefficient (Wildman–Crippen LogP) is 1.45. The quantitative estimate of drug-likeness (QED) is 0.732. The maximum atomic E-state index is 12.2. The lowest BCUT2D eigenvalue weighted by Crippen LogP contribution is -1.95. The molecule has 0 radical (unpaired) electrons. The third-order valence-corrected chi connectivity index (χ3v) is 3.80. The first-order chi connectivity index (χ1) is 9.11. The van der Waals surface area contributed by atoms with Gasteiger partial charge >= 0.3 is 0 Å². The lowest BCUT2D eigenvalue weighted by molar-refractivity contribution is 0.477. The van der Waals surface area contributed by atoms with Gasteiger partial charge in [0.05, 0.1) is 11.9 Å². The zero-order chi connectivity index (χ0) is 13.4. The zero-order valence-corrected chi connectivity index (χ0v) is 11.1. The van der Waals surface area contributed by atoms with E-state index in [0.29, 0.717) is 22.5 Å². The second kappa shape index (κ2) is 4.51. The van der Waals surface area contributed by atoms with Gasteiger partial charge in [-0.1, -0.05) is 0 Å². The summed E-state index contributed by atoms with van der Waals surface area (Å²) in [5.41, 5.74) is 8.34. The van der Waals surface area contributed by atoms with Crippen molar-refractivity contribution in [1.29, 1.82) is 0 Å². The number of hydrogen-bond acceptors (Lipinski definition) is 5. The van der Waals surface area contributed by atoms with E-state index in [1.165, 1.54) is 0 Å². The fraction of sp³-hybridized carbons (Fsp3) is 0.167. The van der Waals surface area contributed by atoms with Crippen LogP contribution in [0.15, 0.2) is 40.2 Å². The summed E-state index contributed by atoms with van der Waals surface area (Å²) in [4.78, 5) is 4.21. The summed E-state index contributed by atoms with van der Waals surface area (Å²) in [6, 6.07) is 5.16. The minimum atomic E-state index is -1.33. The molecule has 0 saturated heterocycles. The lowest BCUT2D eigenvalue weighted by Gasteiger charge is -1.93. The van der Waals surface area contributed by atoms with Crippen LogP contribution in [0.1, 0.15) is 5.56 Å². The van der Waals surface area contributed by atoms with Crippen molar-refractivity contribution in [3.63, 3.8) is 0 Å². The Hall–Kier alpha value is -2.15. The number of rotatable bonds is 3. The molecule has 0 aliphatic rings. The van der Waals surface area contributed by atoms with Crippen molar-refractivity contribution in [2.75, 3.05) is 5.73 Å². The highest BCUT2D eigenvalue weighted by atomic mass is 32.2. The van der Waals surface area contributed by atoms with Crippen LogP contribution >= 0.6 is 0 Å². The number of nitrogen functional groups attached to an aromatic ring is 1. The molecule has 19 heavy (non-hydrogen) atoms. The van der Waals surface area contributed by atoms with Gasteiger partial charge in [-0.05, 0) is 12.1 Å². The van der Waals surface area contributed by atoms with Crippen LogP contribution in [0.5, 0.6) is 0 Å². The second-order valence-corrected chi connectivity index (χ2v) is 5.55. The summed E-state index contributed by atoms with van der Waals surface area (Å²) in [5.74, 6) is 0.330. The van der Waals surface area contributed by atoms with E-state index in [1.807, 2.05) is 13.2 Å². The average Bonchev–Trinajstić information content (AvgIpc) is 2.95. The molecule has 1 atom stereocenters. The molecule has 2 aromatic heterocycles. The first kappa shape index (κ1) is 11.9. The van der Waals surface area contributed by atoms with Crippen molar-refractivity contribution < 1.29 is 8.63 Å². The number of nitrogens with zero attached hydrogens (tertiary/aromatic N) is 3. The Morgan fingerprint density at radius 2 is 2.32 bits per heavy atom. The Morgan fingerprint density at radius 3 is 3.05 bits per heavy atom. The largest absolute Gasteiger partial charge is 0.430 e. The van der Waals surface area contributed by atoms with Gasteiger partial charge in [-0.3, -0.25) is 4.68 Å². The Labute approximate surface area is 111 Å². The van der Waals surface area contributed by atoms with E-state index in [-0.39, 0.29) is 5.22 Å². The van der Waals surface area contributed by atoms with Crippen LogP contribution in [-0.4, -0.2) is 19.0 Å². The number of benzene rings is 1. The highest BCUT2D eigenvalue weighted by Crippen LogP contribution is 2.21. The molecule has 0 saturated carbocycles. The molecule has 0 aliphatic carbocycles. The van der Waals surface area contributed by atoms with Gasteiger partial charge < -0.3 is 10.2 Å². The Kier molecular flexibility index (Phi) is 2.83. The van der Waals surface area contributed by atoms with E-state index in [9.17, 15) is 4.21 Å². The summed E-state index contributed by atoms with van der Waals surface area (Å²) in [7, 11) is 0.482. The molecule has 1 unspecified atom stereocenters. The molecule has 98 valence electrons. The first-order valence-corrected chi connectivity index (χ1v) is 6.96. The molecule has 1 aromatic carbocycles. The minimum Gasteiger partial charge on any atom is -0.430 e. The molecular weight excluding hydrogens is 264 g/mol. The lowest BCUT2D eigenvalue weighted by atomic mass is 10.3. The van der Waals surface area contributed by atoms with Crippen molar-refractivity contribution in [3.05, 3.63) is 36.2 Å². The number of aryl methyl sites for hydroxylation is 1. The number of nitrogens with two attached hydrogens (primary N) is 1. The molecular formula is C12H12N4O2S. The van der Waals surface area contributed by atoms with Crippen LogP contribution in [0, 0.1) is 0 Å². The molecule has 6 nitrogen and oxygen atoms in total. The van der Waals surface area contributed by atoms with Crippen molar-refractivity contribution in [1.82, 2.24) is 14.8 Å². The van der Waals surface area contributed by atoms with Crippen LogP contribution < -0.4 is 5.73 Å². The van der Waals surface area contributed by atoms with Gasteiger partial charge in [0.25, 0.3) is 5.22 Å². The summed E-state index contributed by atoms with van der Waals surface area (Å²) < 4.78 is 19.3. The van der Waals surface area contributed by atoms with Crippen molar-refractivity contribution >= 4 is 27.6 Å². The Bertz CT molecular complexity index is 762. The first-order valence-electron chi connectivity index (χ1n) is 5.64. The van der Waals surface area contributed by atoms with Crippen LogP contribution in [0.25, 0.3) is 11.1 Å². The third kappa shape index (κ3) is 2.37. The topological polar surface area (TPSA) is 86.9 Å². The molecule has 3 rings (SSSR count). The third-order valence-electron chi connectivity index (χ3n) is 2.64. The summed E-state index contributed by atoms with van der Waals surface area (Å²) >= 11 is 0. The average molecular weight is 276 g/mol. The van der Waals surface area contributed by atoms with Crippen molar-refractivity contribution in [2.45, 2.75) is 11.0 Å². The minimum absolute atomic E-state index is 0.212. The van der Waals surface area contributed by atoms with Gasteiger partial charge in [-0.25, -0.2) is 9.19 Å². The summed E-state index contributed by atoms with van der Waals surface area (Å²) in [5, 5.41) is 4.24. The van der Waals surface area contributed by atoms with E-state index in [2.05, 4.69) is 10.1 Å². The van der Waals surface area contributed by atoms with Crippen LogP contribution in [0.4, 0.5) is 5.69 Å². The van der Waals surface area contributed by atoms with E-state index < -0.39 is 10.8 Å². The van der Waals surface area contributed by atoms with E-state index in [0.717, 1.165) is 5.56 Å². The van der Waals surface area contributed by atoms with Crippen LogP contribution in [0.2, 0.25) is 0 Å². The molecule has 0 aliphatic heterocycles. The highest BCUT2D eigenvalue weighted by Gasteiger charge is 2.14. The van der Waals surface area contributed by atoms with Gasteiger partial charge in [0.2, 0.25) is 0 Å². The monoisotopic (exact) mass is 276 g/mol. The highest BCUT2D eigenvalue weighted by molar-refractivity contribution is 7.84. The fourth-order valence-corrected chi connectivity index (χ4v) is 2.74. The summed E-state index contributed by atoms with van der Waals surface area (Å²) in [6.07, 6.45) is 3.50. The fourth-order valence-electron chi connectivity index (χ4n) is 1.78. The maximum absolute atomic E-state index is 12.2. The Balaban J connectivity index is 1.89. The summed E-state index contributed by atoms with van der Waals surface area (Å²) in [6.45, 7) is 0. The smallest absolute Gasteiger partial charge is 0.288 e. The molecule has 0 spiro atoms. The SMILES string of the molecule is Cn1cc(CS(=O)c2nc3ccc(N)cc3o2)cn1. The van der Waals surface area contributed by atoms with E-state index >= 15 is 0 Å². The molecule has 0 bridgehead atoms. The van der Waals surface area contributed by atoms with E-state index in [4.69, 9.17) is 10.2 Å². The number of aromatic nitrogens is 3. The molecule has 3 aromatic rings. The normalized spacial score (nSPS) is 12.9. The standard InChI is InChI=1S/C12H12N4O2S/c1-16-6-8(5-14-16)7-19(17)12-15-10-3-2-9(13)4-11(10)18-12/h2-6H,7,13H2,1H3. The molecule has 0 amide bonds. The zero-order valence-electron chi connectivity index (χ0n) is 10.2. The van der Waals surface area contributed by atoms with Gasteiger partial charge in [0.1, 0.15) is 16.3 Å². The molecule has 2 heterocycles. The molecule has 0 fully saturated rings. The number of anilines is 1. The second-order valence-electron chi connectivity index (χ2n) is 4.22. The Morgan fingerprint density at radius 1 is 1.47 bits per heavy atom. The van der Waals surface area contributed by atoms with Crippen molar-refractivity contribution in [2.24, 2.45) is 7.05 Å². The van der Waals surface area contributed by atoms with Gasteiger partial charge in [0, 0.05) is 30.6 Å². The number of fused-ring (bicyclic) bond motifs is 1. The maximum Gasteiger partial charge on any atom is 0.288 e. The number of hydrogen-bond donors (Lipinski definition) is 1. The van der Waals surface area contributed by atoms with Gasteiger partial charge in [0.15, 0.2) is 5.58 Å². The molecule has 2 N–H and O–H groups in total. The van der Waals surface area contributed by atoms with Crippen LogP contribution in [0.3, 0.4) is 0 Å². The van der Waals surface area contributed by atoms with E-state index in [1.54, 1.807) is 29.1 Å². The van der Waals surface area contributed by atoms with Crippen LogP contribution in [-0.2, 0) is 23.6 Å². The number of oxazole rings is 1. The molecule has 7 heteroatoms. The predicted molar refractivity (Wildman–Crippen MR) is 71.7 cm³/mol. The van der Waals surface area contributed by atoms with Gasteiger partial charge in [-0.2, -0.15) is 5.10 Å².